The van der Waals surface area contributed by atoms with E-state index >= 15 is 0 Å². The smallest absolute Gasteiger partial charge is 0.230 e. The number of ether oxygens (including phenoxy) is 1. The minimum absolute atomic E-state index is 0.0906. The van der Waals surface area contributed by atoms with Gasteiger partial charge in [0, 0.05) is 19.7 Å². The fraction of sp³-hybridized carbons (Fsp3) is 0.786. The minimum atomic E-state index is 0.0906. The Bertz CT molecular complexity index is 469. The molecule has 1 fully saturated rings. The summed E-state index contributed by atoms with van der Waals surface area (Å²) in [6.07, 6.45) is 4.82. The lowest BCUT2D eigenvalue weighted by molar-refractivity contribution is -0.119. The van der Waals surface area contributed by atoms with Crippen molar-refractivity contribution in [3.05, 3.63) is 0 Å². The number of carbonyl (C=O) groups is 1. The minimum Gasteiger partial charge on any atom is -0.383 e. The summed E-state index contributed by atoms with van der Waals surface area (Å²) in [5.74, 6) is 1.07. The normalized spacial score (nSPS) is 21.5. The summed E-state index contributed by atoms with van der Waals surface area (Å²) in [7, 11) is 1.66. The topological polar surface area (TPSA) is 76.1 Å². The van der Waals surface area contributed by atoms with Crippen LogP contribution in [0.4, 0.5) is 5.13 Å². The Hall–Kier alpha value is -0.860. The van der Waals surface area contributed by atoms with Gasteiger partial charge in [0.25, 0.3) is 0 Å². The number of hydrogen-bond donors (Lipinski definition) is 2. The highest BCUT2D eigenvalue weighted by molar-refractivity contribution is 8.01. The van der Waals surface area contributed by atoms with Gasteiger partial charge in [0.1, 0.15) is 0 Å². The molecule has 1 amide bonds. The number of rotatable bonds is 8. The van der Waals surface area contributed by atoms with Crippen LogP contribution in [0.3, 0.4) is 0 Å². The summed E-state index contributed by atoms with van der Waals surface area (Å²) in [5.41, 5.74) is 0. The van der Waals surface area contributed by atoms with Gasteiger partial charge in [-0.05, 0) is 18.8 Å². The molecule has 0 saturated heterocycles. The molecule has 2 N–H and O–H groups in total. The van der Waals surface area contributed by atoms with E-state index in [1.807, 2.05) is 0 Å². The molecule has 0 aliphatic heterocycles. The Kier molecular flexibility index (Phi) is 7.41. The highest BCUT2D eigenvalue weighted by Crippen LogP contribution is 2.26. The molecule has 1 aliphatic carbocycles. The molecule has 1 heterocycles. The number of hydrogen-bond acceptors (Lipinski definition) is 7. The van der Waals surface area contributed by atoms with Crippen molar-refractivity contribution in [3.8, 4) is 0 Å². The van der Waals surface area contributed by atoms with Gasteiger partial charge in [-0.2, -0.15) is 0 Å². The third-order valence-electron chi connectivity index (χ3n) is 3.77. The molecule has 1 aliphatic rings. The zero-order valence-corrected chi connectivity index (χ0v) is 14.8. The van der Waals surface area contributed by atoms with Gasteiger partial charge in [0.05, 0.1) is 12.4 Å². The predicted molar refractivity (Wildman–Crippen MR) is 90.6 cm³/mol. The van der Waals surface area contributed by atoms with E-state index in [1.54, 1.807) is 7.11 Å². The maximum Gasteiger partial charge on any atom is 0.230 e. The van der Waals surface area contributed by atoms with Crippen molar-refractivity contribution >= 4 is 34.1 Å². The van der Waals surface area contributed by atoms with Gasteiger partial charge in [0.15, 0.2) is 4.34 Å². The van der Waals surface area contributed by atoms with E-state index < -0.39 is 0 Å². The summed E-state index contributed by atoms with van der Waals surface area (Å²) in [6, 6.07) is 0.336. The summed E-state index contributed by atoms with van der Waals surface area (Å²) in [5, 5.41) is 15.2. The molecule has 2 rings (SSSR count). The fourth-order valence-electron chi connectivity index (χ4n) is 2.51. The van der Waals surface area contributed by atoms with Crippen LogP contribution in [0.25, 0.3) is 0 Å². The molecular weight excluding hydrogens is 320 g/mol. The van der Waals surface area contributed by atoms with Gasteiger partial charge in [-0.25, -0.2) is 0 Å². The van der Waals surface area contributed by atoms with Crippen molar-refractivity contribution in [1.29, 1.82) is 0 Å². The molecule has 124 valence electrons. The van der Waals surface area contributed by atoms with E-state index in [2.05, 4.69) is 27.8 Å². The van der Waals surface area contributed by atoms with Crippen molar-refractivity contribution in [1.82, 2.24) is 15.5 Å². The van der Waals surface area contributed by atoms with Crippen LogP contribution < -0.4 is 10.6 Å². The van der Waals surface area contributed by atoms with Crippen LogP contribution in [0.2, 0.25) is 0 Å². The summed E-state index contributed by atoms with van der Waals surface area (Å²) >= 11 is 2.91. The van der Waals surface area contributed by atoms with Crippen molar-refractivity contribution < 1.29 is 9.53 Å². The molecule has 0 radical (unpaired) electrons. The largest absolute Gasteiger partial charge is 0.383 e. The van der Waals surface area contributed by atoms with Crippen molar-refractivity contribution in [2.75, 3.05) is 31.3 Å². The van der Waals surface area contributed by atoms with E-state index in [9.17, 15) is 4.79 Å². The molecule has 1 aromatic rings. The zero-order chi connectivity index (χ0) is 15.8. The first-order valence-electron chi connectivity index (χ1n) is 7.67. The van der Waals surface area contributed by atoms with Gasteiger partial charge in [-0.15, -0.1) is 10.2 Å². The Labute approximate surface area is 139 Å². The highest BCUT2D eigenvalue weighted by Gasteiger charge is 2.22. The van der Waals surface area contributed by atoms with Crippen LogP contribution >= 0.6 is 23.1 Å². The number of amides is 1. The number of methoxy groups -OCH3 is 1. The molecule has 0 bridgehead atoms. The Morgan fingerprint density at radius 2 is 2.23 bits per heavy atom. The molecular formula is C14H24N4O2S2. The van der Waals surface area contributed by atoms with E-state index in [1.165, 1.54) is 42.4 Å². The van der Waals surface area contributed by atoms with Crippen molar-refractivity contribution in [2.45, 2.75) is 43.0 Å². The first kappa shape index (κ1) is 17.5. The summed E-state index contributed by atoms with van der Waals surface area (Å²) < 4.78 is 5.78. The number of carbonyl (C=O) groups excluding carboxylic acids is 1. The molecule has 22 heavy (non-hydrogen) atoms. The van der Waals surface area contributed by atoms with Gasteiger partial charge in [-0.1, -0.05) is 42.9 Å². The van der Waals surface area contributed by atoms with E-state index in [4.69, 9.17) is 4.74 Å². The predicted octanol–water partition coefficient (Wildman–Crippen LogP) is 2.38. The SMILES string of the molecule is COCCNc1nnc(SCC(=O)N[C@@H]2CCCC[C@H]2C)s1. The van der Waals surface area contributed by atoms with Gasteiger partial charge >= 0.3 is 0 Å². The van der Waals surface area contributed by atoms with Crippen LogP contribution in [-0.2, 0) is 9.53 Å². The monoisotopic (exact) mass is 344 g/mol. The molecule has 8 heteroatoms. The molecule has 1 aromatic heterocycles. The number of aromatic nitrogens is 2. The quantitative estimate of drug-likeness (QED) is 0.557. The van der Waals surface area contributed by atoms with Gasteiger partial charge in [0.2, 0.25) is 11.0 Å². The van der Waals surface area contributed by atoms with Crippen LogP contribution in [0.15, 0.2) is 4.34 Å². The van der Waals surface area contributed by atoms with Crippen LogP contribution in [0.1, 0.15) is 32.6 Å². The third kappa shape index (κ3) is 5.73. The maximum atomic E-state index is 12.0. The second-order valence-electron chi connectivity index (χ2n) is 5.52. The Balaban J connectivity index is 1.69. The maximum absolute atomic E-state index is 12.0. The average molecular weight is 345 g/mol. The second-order valence-corrected chi connectivity index (χ2v) is 7.72. The fourth-order valence-corrected chi connectivity index (χ4v) is 4.09. The first-order chi connectivity index (χ1) is 10.7. The Morgan fingerprint density at radius 3 is 3.00 bits per heavy atom. The molecule has 0 unspecified atom stereocenters. The third-order valence-corrected chi connectivity index (χ3v) is 5.79. The lowest BCUT2D eigenvalue weighted by atomic mass is 9.86. The van der Waals surface area contributed by atoms with Gasteiger partial charge in [-0.3, -0.25) is 4.79 Å². The number of anilines is 1. The lowest BCUT2D eigenvalue weighted by Gasteiger charge is -2.29. The number of nitrogens with zero attached hydrogens (tertiary/aromatic N) is 2. The standard InChI is InChI=1S/C14H24N4O2S2/c1-10-5-3-4-6-11(10)16-12(19)9-21-14-18-17-13(22-14)15-7-8-20-2/h10-11H,3-9H2,1-2H3,(H,15,17)(H,16,19)/t10-,11-/m1/s1. The van der Waals surface area contributed by atoms with Crippen LogP contribution in [0.5, 0.6) is 0 Å². The Morgan fingerprint density at radius 1 is 1.41 bits per heavy atom. The van der Waals surface area contributed by atoms with Gasteiger partial charge < -0.3 is 15.4 Å². The zero-order valence-electron chi connectivity index (χ0n) is 13.1. The van der Waals surface area contributed by atoms with Crippen molar-refractivity contribution in [2.24, 2.45) is 5.92 Å². The molecule has 0 spiro atoms. The molecule has 1 saturated carbocycles. The van der Waals surface area contributed by atoms with Crippen LogP contribution in [-0.4, -0.2) is 48.2 Å². The number of thioether (sulfide) groups is 1. The molecule has 0 aromatic carbocycles. The van der Waals surface area contributed by atoms with E-state index in [-0.39, 0.29) is 5.91 Å². The second kappa shape index (κ2) is 9.32. The first-order valence-corrected chi connectivity index (χ1v) is 9.47. The van der Waals surface area contributed by atoms with Crippen molar-refractivity contribution in [3.63, 3.8) is 0 Å². The summed E-state index contributed by atoms with van der Waals surface area (Å²) in [4.78, 5) is 12.0. The average Bonchev–Trinajstić information content (AvgIpc) is 2.96. The van der Waals surface area contributed by atoms with E-state index in [0.29, 0.717) is 30.9 Å². The molecule has 2 atom stereocenters. The molecule has 6 nitrogen and oxygen atoms in total. The summed E-state index contributed by atoms with van der Waals surface area (Å²) in [6.45, 7) is 3.56. The van der Waals surface area contributed by atoms with Crippen LogP contribution in [0, 0.1) is 5.92 Å². The van der Waals surface area contributed by atoms with E-state index in [0.717, 1.165) is 15.9 Å². The highest BCUT2D eigenvalue weighted by atomic mass is 32.2. The number of nitrogens with one attached hydrogen (secondary N) is 2. The lowest BCUT2D eigenvalue weighted by Crippen LogP contribution is -2.41.